The lowest BCUT2D eigenvalue weighted by molar-refractivity contribution is -0.384. The second kappa shape index (κ2) is 4.58. The number of hydrogen-bond donors (Lipinski definition) is 0. The summed E-state index contributed by atoms with van der Waals surface area (Å²) in [4.78, 5) is 25.1. The third-order valence-electron chi connectivity index (χ3n) is 2.86. The SMILES string of the molecule is O=C1N=Cc2cc(Oc3ccc([N+](=O)[O-])cc3)ccc21. The molecule has 0 saturated carbocycles. The summed E-state index contributed by atoms with van der Waals surface area (Å²) in [6.45, 7) is 0. The van der Waals surface area contributed by atoms with Gasteiger partial charge < -0.3 is 4.74 Å². The lowest BCUT2D eigenvalue weighted by Crippen LogP contribution is -1.93. The number of carbonyl (C=O) groups excluding carboxylic acids is 1. The third-order valence-corrected chi connectivity index (χ3v) is 2.86. The molecule has 0 atom stereocenters. The number of benzene rings is 2. The fraction of sp³-hybridized carbons (Fsp3) is 0. The second-order valence-corrected chi connectivity index (χ2v) is 4.17. The van der Waals surface area contributed by atoms with Gasteiger partial charge in [0.05, 0.1) is 10.5 Å². The molecule has 0 spiro atoms. The van der Waals surface area contributed by atoms with Crippen molar-refractivity contribution in [2.45, 2.75) is 0 Å². The summed E-state index contributed by atoms with van der Waals surface area (Å²) in [5.41, 5.74) is 1.25. The van der Waals surface area contributed by atoms with Gasteiger partial charge in [-0.05, 0) is 30.3 Å². The Morgan fingerprint density at radius 2 is 1.75 bits per heavy atom. The Labute approximate surface area is 113 Å². The van der Waals surface area contributed by atoms with Gasteiger partial charge >= 0.3 is 0 Å². The number of fused-ring (bicyclic) bond motifs is 1. The molecule has 0 unspecified atom stereocenters. The molecular formula is C14H8N2O4. The van der Waals surface area contributed by atoms with E-state index in [0.29, 0.717) is 22.6 Å². The van der Waals surface area contributed by atoms with Gasteiger partial charge in [-0.25, -0.2) is 4.99 Å². The number of nitro benzene ring substituents is 1. The van der Waals surface area contributed by atoms with Crippen molar-refractivity contribution in [2.75, 3.05) is 0 Å². The number of carbonyl (C=O) groups is 1. The number of nitro groups is 1. The van der Waals surface area contributed by atoms with Gasteiger partial charge in [-0.1, -0.05) is 0 Å². The molecule has 3 rings (SSSR count). The zero-order valence-corrected chi connectivity index (χ0v) is 10.1. The van der Waals surface area contributed by atoms with Gasteiger partial charge in [-0.3, -0.25) is 14.9 Å². The number of rotatable bonds is 3. The lowest BCUT2D eigenvalue weighted by atomic mass is 10.1. The maximum absolute atomic E-state index is 11.3. The first-order valence-electron chi connectivity index (χ1n) is 5.78. The first kappa shape index (κ1) is 12.0. The fourth-order valence-electron chi connectivity index (χ4n) is 1.88. The molecule has 0 saturated heterocycles. The van der Waals surface area contributed by atoms with Gasteiger partial charge in [0.25, 0.3) is 11.6 Å². The van der Waals surface area contributed by atoms with E-state index in [4.69, 9.17) is 4.74 Å². The Hall–Kier alpha value is -3.02. The first-order valence-corrected chi connectivity index (χ1v) is 5.78. The van der Waals surface area contributed by atoms with Crippen LogP contribution in [0.25, 0.3) is 0 Å². The standard InChI is InChI=1S/C14H8N2O4/c17-14-13-6-5-12(7-9(13)8-15-14)20-11-3-1-10(2-4-11)16(18)19/h1-8H. The number of hydrogen-bond acceptors (Lipinski definition) is 4. The molecule has 0 N–H and O–H groups in total. The Morgan fingerprint density at radius 1 is 1.05 bits per heavy atom. The molecule has 0 fully saturated rings. The summed E-state index contributed by atoms with van der Waals surface area (Å²) in [6.07, 6.45) is 1.49. The van der Waals surface area contributed by atoms with Crippen LogP contribution in [0.3, 0.4) is 0 Å². The number of aliphatic imine (C=N–C) groups is 1. The Kier molecular flexibility index (Phi) is 2.76. The maximum Gasteiger partial charge on any atom is 0.277 e. The van der Waals surface area contributed by atoms with Crippen LogP contribution in [-0.2, 0) is 0 Å². The van der Waals surface area contributed by atoms with E-state index in [1.807, 2.05) is 0 Å². The molecule has 6 nitrogen and oxygen atoms in total. The van der Waals surface area contributed by atoms with E-state index in [1.165, 1.54) is 30.5 Å². The molecule has 6 heteroatoms. The molecule has 20 heavy (non-hydrogen) atoms. The van der Waals surface area contributed by atoms with E-state index in [0.717, 1.165) is 0 Å². The summed E-state index contributed by atoms with van der Waals surface area (Å²) >= 11 is 0. The molecule has 0 bridgehead atoms. The normalized spacial score (nSPS) is 12.3. The van der Waals surface area contributed by atoms with Crippen LogP contribution in [0.15, 0.2) is 47.5 Å². The highest BCUT2D eigenvalue weighted by molar-refractivity contribution is 6.13. The van der Waals surface area contributed by atoms with Gasteiger partial charge in [0.2, 0.25) is 0 Å². The van der Waals surface area contributed by atoms with Crippen LogP contribution >= 0.6 is 0 Å². The van der Waals surface area contributed by atoms with Crippen LogP contribution in [0.4, 0.5) is 5.69 Å². The minimum atomic E-state index is -0.471. The van der Waals surface area contributed by atoms with Crippen LogP contribution in [-0.4, -0.2) is 17.0 Å². The zero-order chi connectivity index (χ0) is 14.1. The molecule has 2 aromatic rings. The molecule has 98 valence electrons. The molecule has 0 aromatic heterocycles. The molecule has 1 heterocycles. The van der Waals surface area contributed by atoms with Crippen molar-refractivity contribution < 1.29 is 14.5 Å². The van der Waals surface area contributed by atoms with Gasteiger partial charge in [-0.2, -0.15) is 0 Å². The monoisotopic (exact) mass is 268 g/mol. The predicted octanol–water partition coefficient (Wildman–Crippen LogP) is 2.96. The highest BCUT2D eigenvalue weighted by Crippen LogP contribution is 2.26. The summed E-state index contributed by atoms with van der Waals surface area (Å²) in [7, 11) is 0. The van der Waals surface area contributed by atoms with Gasteiger partial charge in [0, 0.05) is 23.9 Å². The van der Waals surface area contributed by atoms with Crippen LogP contribution in [0.1, 0.15) is 15.9 Å². The van der Waals surface area contributed by atoms with E-state index in [1.54, 1.807) is 18.2 Å². The van der Waals surface area contributed by atoms with E-state index in [2.05, 4.69) is 4.99 Å². The molecule has 1 amide bonds. The quantitative estimate of drug-likeness (QED) is 0.633. The van der Waals surface area contributed by atoms with E-state index >= 15 is 0 Å². The maximum atomic E-state index is 11.3. The van der Waals surface area contributed by atoms with Crippen LogP contribution in [0.5, 0.6) is 11.5 Å². The largest absolute Gasteiger partial charge is 0.457 e. The highest BCUT2D eigenvalue weighted by Gasteiger charge is 2.15. The van der Waals surface area contributed by atoms with Crippen molar-refractivity contribution in [1.29, 1.82) is 0 Å². The second-order valence-electron chi connectivity index (χ2n) is 4.17. The number of amides is 1. The minimum absolute atomic E-state index is 0.00373. The summed E-state index contributed by atoms with van der Waals surface area (Å²) in [6, 6.07) is 10.8. The fourth-order valence-corrected chi connectivity index (χ4v) is 1.88. The third kappa shape index (κ3) is 2.14. The number of nitrogens with zero attached hydrogens (tertiary/aromatic N) is 2. The van der Waals surface area contributed by atoms with Crippen molar-refractivity contribution >= 4 is 17.8 Å². The van der Waals surface area contributed by atoms with Gasteiger partial charge in [0.1, 0.15) is 11.5 Å². The van der Waals surface area contributed by atoms with Gasteiger partial charge in [0.15, 0.2) is 0 Å². The van der Waals surface area contributed by atoms with Crippen LogP contribution in [0.2, 0.25) is 0 Å². The van der Waals surface area contributed by atoms with Crippen molar-refractivity contribution in [3.8, 4) is 11.5 Å². The molecule has 2 aromatic carbocycles. The summed E-state index contributed by atoms with van der Waals surface area (Å²) in [5, 5.41) is 10.5. The molecule has 0 aliphatic carbocycles. The van der Waals surface area contributed by atoms with E-state index < -0.39 is 4.92 Å². The van der Waals surface area contributed by atoms with Crippen molar-refractivity contribution in [1.82, 2.24) is 0 Å². The number of ether oxygens (including phenoxy) is 1. The van der Waals surface area contributed by atoms with Crippen molar-refractivity contribution in [2.24, 2.45) is 4.99 Å². The summed E-state index contributed by atoms with van der Waals surface area (Å²) < 4.78 is 5.58. The lowest BCUT2D eigenvalue weighted by Gasteiger charge is -2.06. The average molecular weight is 268 g/mol. The highest BCUT2D eigenvalue weighted by atomic mass is 16.6. The molecule has 1 aliphatic rings. The molecule has 1 aliphatic heterocycles. The van der Waals surface area contributed by atoms with Crippen molar-refractivity contribution in [3.05, 3.63) is 63.7 Å². The van der Waals surface area contributed by atoms with E-state index in [-0.39, 0.29) is 11.6 Å². The molecular weight excluding hydrogens is 260 g/mol. The van der Waals surface area contributed by atoms with Crippen molar-refractivity contribution in [3.63, 3.8) is 0 Å². The molecule has 0 radical (unpaired) electrons. The smallest absolute Gasteiger partial charge is 0.277 e. The Balaban J connectivity index is 1.83. The minimum Gasteiger partial charge on any atom is -0.457 e. The number of non-ortho nitro benzene ring substituents is 1. The van der Waals surface area contributed by atoms with Crippen LogP contribution < -0.4 is 4.74 Å². The zero-order valence-electron chi connectivity index (χ0n) is 10.1. The Bertz CT molecular complexity index is 735. The average Bonchev–Trinajstić information content (AvgIpc) is 2.81. The van der Waals surface area contributed by atoms with E-state index in [9.17, 15) is 14.9 Å². The Morgan fingerprint density at radius 3 is 2.45 bits per heavy atom. The first-order chi connectivity index (χ1) is 9.63. The summed E-state index contributed by atoms with van der Waals surface area (Å²) in [5.74, 6) is 0.762. The topological polar surface area (TPSA) is 81.8 Å². The van der Waals surface area contributed by atoms with Gasteiger partial charge in [-0.15, -0.1) is 0 Å². The predicted molar refractivity (Wildman–Crippen MR) is 71.5 cm³/mol. The van der Waals surface area contributed by atoms with Crippen LogP contribution in [0, 0.1) is 10.1 Å².